The summed E-state index contributed by atoms with van der Waals surface area (Å²) in [6.45, 7) is 0.324. The monoisotopic (exact) mass is 336 g/mol. The van der Waals surface area contributed by atoms with Crippen LogP contribution in [-0.4, -0.2) is 30.7 Å². The number of nitro groups is 1. The van der Waals surface area contributed by atoms with Crippen molar-refractivity contribution in [2.24, 2.45) is 0 Å². The summed E-state index contributed by atoms with van der Waals surface area (Å²) in [5, 5.41) is 13.9. The van der Waals surface area contributed by atoms with E-state index in [2.05, 4.69) is 5.32 Å². The topological polar surface area (TPSA) is 94.6 Å². The van der Waals surface area contributed by atoms with Crippen molar-refractivity contribution in [1.82, 2.24) is 5.32 Å². The number of nitro benzene ring substituents is 1. The molecule has 1 aromatic carbocycles. The highest BCUT2D eigenvalue weighted by atomic mass is 32.2. The fraction of sp³-hybridized carbons (Fsp3) is 0.267. The smallest absolute Gasteiger partial charge is 0.285 e. The van der Waals surface area contributed by atoms with Crippen molar-refractivity contribution in [3.8, 4) is 5.75 Å². The Bertz CT molecular complexity index is 700. The highest BCUT2D eigenvalue weighted by molar-refractivity contribution is 7.98. The summed E-state index contributed by atoms with van der Waals surface area (Å²) in [5.41, 5.74) is -0.269. The number of benzene rings is 1. The van der Waals surface area contributed by atoms with Crippen molar-refractivity contribution >= 4 is 23.4 Å². The Labute approximate surface area is 137 Å². The van der Waals surface area contributed by atoms with Gasteiger partial charge in [0, 0.05) is 13.0 Å². The molecule has 2 rings (SSSR count). The Kier molecular flexibility index (Phi) is 5.64. The van der Waals surface area contributed by atoms with Crippen molar-refractivity contribution in [3.63, 3.8) is 0 Å². The van der Waals surface area contributed by atoms with Gasteiger partial charge in [-0.2, -0.15) is 0 Å². The first kappa shape index (κ1) is 16.9. The highest BCUT2D eigenvalue weighted by Crippen LogP contribution is 2.34. The number of hydrogen-bond acceptors (Lipinski definition) is 6. The van der Waals surface area contributed by atoms with E-state index >= 15 is 0 Å². The van der Waals surface area contributed by atoms with Crippen LogP contribution < -0.4 is 10.1 Å². The first-order valence-corrected chi connectivity index (χ1v) is 8.00. The summed E-state index contributed by atoms with van der Waals surface area (Å²) < 4.78 is 10.3. The van der Waals surface area contributed by atoms with Crippen LogP contribution in [0.15, 0.2) is 39.8 Å². The van der Waals surface area contributed by atoms with E-state index in [-0.39, 0.29) is 11.3 Å². The van der Waals surface area contributed by atoms with Crippen LogP contribution in [0.25, 0.3) is 0 Å². The second kappa shape index (κ2) is 7.68. The van der Waals surface area contributed by atoms with Gasteiger partial charge in [-0.05, 0) is 24.5 Å². The number of carbonyl (C=O) groups is 1. The minimum Gasteiger partial charge on any atom is -0.495 e. The number of rotatable bonds is 7. The molecule has 0 aliphatic carbocycles. The van der Waals surface area contributed by atoms with Gasteiger partial charge in [0.05, 0.1) is 29.3 Å². The van der Waals surface area contributed by atoms with E-state index in [1.54, 1.807) is 18.4 Å². The molecule has 2 aromatic rings. The lowest BCUT2D eigenvalue weighted by molar-refractivity contribution is -0.385. The largest absolute Gasteiger partial charge is 0.495 e. The Morgan fingerprint density at radius 2 is 2.26 bits per heavy atom. The van der Waals surface area contributed by atoms with E-state index in [1.165, 1.54) is 31.0 Å². The minimum absolute atomic E-state index is 0.0135. The summed E-state index contributed by atoms with van der Waals surface area (Å²) in [6, 6.07) is 6.31. The maximum absolute atomic E-state index is 12.3. The van der Waals surface area contributed by atoms with Crippen LogP contribution >= 0.6 is 11.8 Å². The Morgan fingerprint density at radius 3 is 2.83 bits per heavy atom. The van der Waals surface area contributed by atoms with Crippen molar-refractivity contribution in [2.75, 3.05) is 19.9 Å². The molecule has 0 fully saturated rings. The number of nitrogens with zero attached hydrogens (tertiary/aromatic N) is 1. The van der Waals surface area contributed by atoms with Gasteiger partial charge < -0.3 is 14.5 Å². The van der Waals surface area contributed by atoms with Crippen molar-refractivity contribution < 1.29 is 18.9 Å². The molecule has 0 radical (unpaired) electrons. The summed E-state index contributed by atoms with van der Waals surface area (Å²) in [6.07, 6.45) is 3.87. The fourth-order valence-corrected chi connectivity index (χ4v) is 2.63. The third-order valence-electron chi connectivity index (χ3n) is 3.18. The van der Waals surface area contributed by atoms with Crippen molar-refractivity contribution in [2.45, 2.75) is 11.3 Å². The maximum Gasteiger partial charge on any atom is 0.285 e. The van der Waals surface area contributed by atoms with Crippen LogP contribution in [0.2, 0.25) is 0 Å². The molecule has 0 atom stereocenters. The Morgan fingerprint density at radius 1 is 1.48 bits per heavy atom. The number of carbonyl (C=O) groups excluding carboxylic acids is 1. The predicted octanol–water partition coefficient (Wildman–Crippen LogP) is 2.89. The molecule has 1 amide bonds. The summed E-state index contributed by atoms with van der Waals surface area (Å²) in [4.78, 5) is 23.5. The number of thioether (sulfide) groups is 1. The first-order valence-electron chi connectivity index (χ1n) is 6.77. The average molecular weight is 336 g/mol. The molecule has 1 aromatic heterocycles. The Balaban J connectivity index is 2.18. The number of nitrogens with one attached hydrogen (secondary N) is 1. The molecule has 7 nitrogen and oxygen atoms in total. The van der Waals surface area contributed by atoms with Crippen LogP contribution in [0, 0.1) is 10.1 Å². The lowest BCUT2D eigenvalue weighted by atomic mass is 10.1. The maximum atomic E-state index is 12.3. The van der Waals surface area contributed by atoms with Crippen LogP contribution in [0.5, 0.6) is 5.75 Å². The van der Waals surface area contributed by atoms with Crippen molar-refractivity contribution in [3.05, 3.63) is 52.0 Å². The van der Waals surface area contributed by atoms with Gasteiger partial charge in [-0.3, -0.25) is 14.9 Å². The molecule has 1 heterocycles. The second-order valence-corrected chi connectivity index (χ2v) is 5.41. The molecule has 1 N–H and O–H groups in total. The first-order chi connectivity index (χ1) is 11.1. The summed E-state index contributed by atoms with van der Waals surface area (Å²) in [5.74, 6) is 0.608. The SMILES string of the molecule is COc1cc([N+](=O)[O-])c(C(=O)NCCc2ccco2)cc1SC. The van der Waals surface area contributed by atoms with Gasteiger partial charge in [0.15, 0.2) is 0 Å². The van der Waals surface area contributed by atoms with Gasteiger partial charge in [-0.1, -0.05) is 0 Å². The number of amides is 1. The van der Waals surface area contributed by atoms with E-state index in [1.807, 2.05) is 6.26 Å². The molecule has 122 valence electrons. The molecule has 0 bridgehead atoms. The molecule has 0 aliphatic rings. The van der Waals surface area contributed by atoms with Crippen molar-refractivity contribution in [1.29, 1.82) is 0 Å². The van der Waals surface area contributed by atoms with E-state index in [4.69, 9.17) is 9.15 Å². The molecule has 23 heavy (non-hydrogen) atoms. The normalized spacial score (nSPS) is 10.3. The third kappa shape index (κ3) is 4.04. The van der Waals surface area contributed by atoms with E-state index < -0.39 is 10.8 Å². The summed E-state index contributed by atoms with van der Waals surface area (Å²) >= 11 is 1.35. The molecular weight excluding hydrogens is 320 g/mol. The van der Waals surface area contributed by atoms with E-state index in [0.717, 1.165) is 5.76 Å². The van der Waals surface area contributed by atoms with Crippen LogP contribution in [-0.2, 0) is 6.42 Å². The van der Waals surface area contributed by atoms with E-state index in [9.17, 15) is 14.9 Å². The molecule has 0 saturated carbocycles. The molecule has 8 heteroatoms. The molecule has 0 saturated heterocycles. The van der Waals surface area contributed by atoms with Gasteiger partial charge >= 0.3 is 0 Å². The van der Waals surface area contributed by atoms with Gasteiger partial charge in [0.2, 0.25) is 0 Å². The van der Waals surface area contributed by atoms with Gasteiger partial charge in [0.1, 0.15) is 17.1 Å². The lowest BCUT2D eigenvalue weighted by Gasteiger charge is -2.10. The fourth-order valence-electron chi connectivity index (χ4n) is 2.05. The quantitative estimate of drug-likeness (QED) is 0.474. The molecule has 0 unspecified atom stereocenters. The van der Waals surface area contributed by atoms with Crippen LogP contribution in [0.3, 0.4) is 0 Å². The number of ether oxygens (including phenoxy) is 1. The molecular formula is C15H16N2O5S. The third-order valence-corrected chi connectivity index (χ3v) is 3.94. The molecule has 0 aliphatic heterocycles. The zero-order chi connectivity index (χ0) is 16.8. The Hall–Kier alpha value is -2.48. The average Bonchev–Trinajstić information content (AvgIpc) is 3.06. The zero-order valence-corrected chi connectivity index (χ0v) is 13.5. The standard InChI is InChI=1S/C15H16N2O5S/c1-21-13-9-12(17(19)20)11(8-14(13)23-2)15(18)16-6-5-10-4-3-7-22-10/h3-4,7-9H,5-6H2,1-2H3,(H,16,18). The molecule has 0 spiro atoms. The van der Waals surface area contributed by atoms with Gasteiger partial charge in [0.25, 0.3) is 11.6 Å². The van der Waals surface area contributed by atoms with Gasteiger partial charge in [-0.15, -0.1) is 11.8 Å². The predicted molar refractivity (Wildman–Crippen MR) is 86.2 cm³/mol. The zero-order valence-electron chi connectivity index (χ0n) is 12.7. The van der Waals surface area contributed by atoms with E-state index in [0.29, 0.717) is 23.6 Å². The van der Waals surface area contributed by atoms with Crippen LogP contribution in [0.1, 0.15) is 16.1 Å². The number of furan rings is 1. The summed E-state index contributed by atoms with van der Waals surface area (Å²) in [7, 11) is 1.43. The number of hydrogen-bond donors (Lipinski definition) is 1. The highest BCUT2D eigenvalue weighted by Gasteiger charge is 2.23. The number of methoxy groups -OCH3 is 1. The van der Waals surface area contributed by atoms with Crippen LogP contribution in [0.4, 0.5) is 5.69 Å². The lowest BCUT2D eigenvalue weighted by Crippen LogP contribution is -2.26. The van der Waals surface area contributed by atoms with Gasteiger partial charge in [-0.25, -0.2) is 0 Å². The minimum atomic E-state index is -0.589. The second-order valence-electron chi connectivity index (χ2n) is 4.57.